The highest BCUT2D eigenvalue weighted by molar-refractivity contribution is 5.85. The quantitative estimate of drug-likeness (QED) is 0.316. The van der Waals surface area contributed by atoms with E-state index in [1.807, 2.05) is 66.7 Å². The van der Waals surface area contributed by atoms with Crippen LogP contribution in [0.1, 0.15) is 22.8 Å². The van der Waals surface area contributed by atoms with E-state index in [2.05, 4.69) is 20.7 Å². The summed E-state index contributed by atoms with van der Waals surface area (Å²) in [6, 6.07) is 24.5. The molecule has 1 heterocycles. The molecule has 0 amide bonds. The average molecular weight is 488 g/mol. The van der Waals surface area contributed by atoms with E-state index in [4.69, 9.17) is 14.2 Å². The fraction of sp³-hybridized carbons (Fsp3) is 0.222. The molecule has 2 N–H and O–H groups in total. The monoisotopic (exact) mass is 487 g/mol. The van der Waals surface area contributed by atoms with Gasteiger partial charge in [-0.2, -0.15) is 9.67 Å². The lowest BCUT2D eigenvalue weighted by molar-refractivity contribution is 0.0713. The highest BCUT2D eigenvalue weighted by atomic mass is 16.5. The van der Waals surface area contributed by atoms with Gasteiger partial charge in [0.2, 0.25) is 11.9 Å². The van der Waals surface area contributed by atoms with Gasteiger partial charge in [-0.3, -0.25) is 4.79 Å². The number of nitrogens with zero attached hydrogens (tertiary/aromatic N) is 3. The van der Waals surface area contributed by atoms with Crippen LogP contribution < -0.4 is 24.8 Å². The van der Waals surface area contributed by atoms with E-state index >= 15 is 0 Å². The number of aromatic nitrogens is 3. The average Bonchev–Trinajstić information content (AvgIpc) is 3.34. The molecular weight excluding hydrogens is 458 g/mol. The van der Waals surface area contributed by atoms with Gasteiger partial charge in [-0.1, -0.05) is 54.6 Å². The first-order chi connectivity index (χ1) is 17.6. The second-order valence-corrected chi connectivity index (χ2v) is 7.91. The molecule has 1 atom stereocenters. The lowest BCUT2D eigenvalue weighted by Crippen LogP contribution is -2.31. The van der Waals surface area contributed by atoms with Crippen LogP contribution in [0.3, 0.4) is 0 Å². The first-order valence-corrected chi connectivity index (χ1v) is 11.5. The first kappa shape index (κ1) is 24.6. The zero-order valence-electron chi connectivity index (χ0n) is 20.5. The number of rotatable bonds is 11. The second-order valence-electron chi connectivity index (χ2n) is 7.91. The fourth-order valence-electron chi connectivity index (χ4n) is 3.63. The summed E-state index contributed by atoms with van der Waals surface area (Å²) in [5, 5.41) is 10.8. The predicted molar refractivity (Wildman–Crippen MR) is 138 cm³/mol. The SMILES string of the molecule is COc1ccccc1CNc1nc(NCc2ccccc2OC)n(C(=O)C(C)Oc2ccccc2)n1. The number of nitrogens with one attached hydrogen (secondary N) is 2. The number of hydrogen-bond donors (Lipinski definition) is 2. The van der Waals surface area contributed by atoms with E-state index in [0.29, 0.717) is 24.8 Å². The highest BCUT2D eigenvalue weighted by Gasteiger charge is 2.23. The van der Waals surface area contributed by atoms with Crippen molar-refractivity contribution in [2.45, 2.75) is 26.1 Å². The number of carbonyl (C=O) groups is 1. The lowest BCUT2D eigenvalue weighted by Gasteiger charge is -2.15. The number of hydrogen-bond acceptors (Lipinski definition) is 8. The molecule has 3 aromatic carbocycles. The molecule has 4 rings (SSSR count). The van der Waals surface area contributed by atoms with E-state index < -0.39 is 6.10 Å². The van der Waals surface area contributed by atoms with Gasteiger partial charge in [-0.15, -0.1) is 5.10 Å². The summed E-state index contributed by atoms with van der Waals surface area (Å²) in [6.07, 6.45) is -0.789. The largest absolute Gasteiger partial charge is 0.496 e. The Balaban J connectivity index is 1.56. The van der Waals surface area contributed by atoms with Crippen LogP contribution in [0.5, 0.6) is 17.2 Å². The van der Waals surface area contributed by atoms with Crippen molar-refractivity contribution < 1.29 is 19.0 Å². The van der Waals surface area contributed by atoms with Crippen LogP contribution >= 0.6 is 0 Å². The molecule has 0 fully saturated rings. The Morgan fingerprint density at radius 1 is 0.833 bits per heavy atom. The van der Waals surface area contributed by atoms with Gasteiger partial charge in [0.05, 0.1) is 14.2 Å². The molecule has 0 aliphatic rings. The van der Waals surface area contributed by atoms with E-state index in [1.165, 1.54) is 4.68 Å². The van der Waals surface area contributed by atoms with Crippen molar-refractivity contribution in [3.63, 3.8) is 0 Å². The summed E-state index contributed by atoms with van der Waals surface area (Å²) in [5.74, 6) is 2.30. The summed E-state index contributed by atoms with van der Waals surface area (Å²) in [6.45, 7) is 2.49. The molecule has 1 aromatic heterocycles. The molecule has 0 radical (unpaired) electrons. The van der Waals surface area contributed by atoms with Crippen LogP contribution in [0.25, 0.3) is 0 Å². The molecule has 0 saturated heterocycles. The van der Waals surface area contributed by atoms with E-state index in [0.717, 1.165) is 22.6 Å². The van der Waals surface area contributed by atoms with Crippen LogP contribution in [-0.2, 0) is 13.1 Å². The number of para-hydroxylation sites is 3. The van der Waals surface area contributed by atoms with Crippen molar-refractivity contribution in [1.82, 2.24) is 14.8 Å². The molecule has 0 aliphatic heterocycles. The fourth-order valence-corrected chi connectivity index (χ4v) is 3.63. The van der Waals surface area contributed by atoms with Gasteiger partial charge in [-0.05, 0) is 31.2 Å². The van der Waals surface area contributed by atoms with Crippen molar-refractivity contribution in [1.29, 1.82) is 0 Å². The van der Waals surface area contributed by atoms with Gasteiger partial charge in [0.25, 0.3) is 5.91 Å². The zero-order valence-corrected chi connectivity index (χ0v) is 20.5. The van der Waals surface area contributed by atoms with Gasteiger partial charge in [0.1, 0.15) is 17.2 Å². The number of carbonyl (C=O) groups excluding carboxylic acids is 1. The lowest BCUT2D eigenvalue weighted by atomic mass is 10.2. The Hall–Kier alpha value is -4.53. The van der Waals surface area contributed by atoms with E-state index in [-0.39, 0.29) is 11.9 Å². The van der Waals surface area contributed by atoms with E-state index in [1.54, 1.807) is 33.3 Å². The minimum absolute atomic E-state index is 0.289. The second kappa shape index (κ2) is 11.7. The summed E-state index contributed by atoms with van der Waals surface area (Å²) < 4.78 is 17.9. The molecule has 186 valence electrons. The van der Waals surface area contributed by atoms with Gasteiger partial charge in [0, 0.05) is 24.2 Å². The molecular formula is C27H29N5O4. The number of methoxy groups -OCH3 is 2. The smallest absolute Gasteiger partial charge is 0.290 e. The minimum Gasteiger partial charge on any atom is -0.496 e. The molecule has 4 aromatic rings. The predicted octanol–water partition coefficient (Wildman–Crippen LogP) is 4.63. The number of anilines is 2. The molecule has 9 nitrogen and oxygen atoms in total. The van der Waals surface area contributed by atoms with Crippen molar-refractivity contribution in [2.24, 2.45) is 0 Å². The summed E-state index contributed by atoms with van der Waals surface area (Å²) in [7, 11) is 3.24. The molecule has 1 unspecified atom stereocenters. The van der Waals surface area contributed by atoms with Gasteiger partial charge in [-0.25, -0.2) is 0 Å². The third-order valence-corrected chi connectivity index (χ3v) is 5.48. The van der Waals surface area contributed by atoms with Crippen molar-refractivity contribution in [2.75, 3.05) is 24.9 Å². The molecule has 0 bridgehead atoms. The van der Waals surface area contributed by atoms with E-state index in [9.17, 15) is 4.79 Å². The van der Waals surface area contributed by atoms with Gasteiger partial charge >= 0.3 is 0 Å². The molecule has 0 aliphatic carbocycles. The highest BCUT2D eigenvalue weighted by Crippen LogP contribution is 2.21. The Morgan fingerprint density at radius 3 is 2.00 bits per heavy atom. The molecule has 36 heavy (non-hydrogen) atoms. The van der Waals surface area contributed by atoms with Crippen molar-refractivity contribution >= 4 is 17.8 Å². The van der Waals surface area contributed by atoms with Crippen molar-refractivity contribution in [3.05, 3.63) is 90.0 Å². The Morgan fingerprint density at radius 2 is 1.39 bits per heavy atom. The summed E-state index contributed by atoms with van der Waals surface area (Å²) in [4.78, 5) is 17.8. The molecule has 0 saturated carbocycles. The summed E-state index contributed by atoms with van der Waals surface area (Å²) in [5.41, 5.74) is 1.85. The standard InChI is InChI=1S/C27H29N5O4/c1-19(36-22-13-5-4-6-14-22)25(33)32-27(29-18-21-12-8-10-16-24(21)35-3)30-26(31-32)28-17-20-11-7-9-15-23(20)34-2/h4-16,19H,17-18H2,1-3H3,(H2,28,29,30,31). The minimum atomic E-state index is -0.789. The number of benzene rings is 3. The Bertz CT molecular complexity index is 1290. The number of ether oxygens (including phenoxy) is 3. The van der Waals surface area contributed by atoms with Crippen molar-refractivity contribution in [3.8, 4) is 17.2 Å². The maximum Gasteiger partial charge on any atom is 0.290 e. The Kier molecular flexibility index (Phi) is 8.02. The first-order valence-electron chi connectivity index (χ1n) is 11.5. The van der Waals surface area contributed by atoms with Crippen LogP contribution in [0, 0.1) is 0 Å². The third-order valence-electron chi connectivity index (χ3n) is 5.48. The third kappa shape index (κ3) is 5.93. The maximum absolute atomic E-state index is 13.3. The van der Waals surface area contributed by atoms with Crippen LogP contribution in [0.15, 0.2) is 78.9 Å². The molecule has 9 heteroatoms. The zero-order chi connectivity index (χ0) is 25.3. The Labute approximate surface area is 210 Å². The normalized spacial score (nSPS) is 11.4. The van der Waals surface area contributed by atoms with Gasteiger partial charge < -0.3 is 24.8 Å². The van der Waals surface area contributed by atoms with Crippen LogP contribution in [0.4, 0.5) is 11.9 Å². The molecule has 0 spiro atoms. The maximum atomic E-state index is 13.3. The van der Waals surface area contributed by atoms with Gasteiger partial charge in [0.15, 0.2) is 6.10 Å². The van der Waals surface area contributed by atoms with Crippen LogP contribution in [0.2, 0.25) is 0 Å². The summed E-state index contributed by atoms with van der Waals surface area (Å²) >= 11 is 0. The topological polar surface area (TPSA) is 99.5 Å². The van der Waals surface area contributed by atoms with Crippen LogP contribution in [-0.4, -0.2) is 41.0 Å².